The van der Waals surface area contributed by atoms with Crippen molar-refractivity contribution < 1.29 is 49.0 Å². The van der Waals surface area contributed by atoms with Gasteiger partial charge in [-0.25, -0.2) is 0 Å². The highest BCUT2D eigenvalue weighted by Gasteiger charge is 2.44. The first-order valence-electron chi connectivity index (χ1n) is 15.9. The van der Waals surface area contributed by atoms with Crippen LogP contribution in [0.2, 0.25) is 0 Å². The summed E-state index contributed by atoms with van der Waals surface area (Å²) in [7, 11) is 0. The molecule has 1 aliphatic heterocycles. The zero-order chi connectivity index (χ0) is 31.0. The van der Waals surface area contributed by atoms with Gasteiger partial charge >= 0.3 is 11.9 Å². The third-order valence-corrected chi connectivity index (χ3v) is 7.09. The van der Waals surface area contributed by atoms with Crippen LogP contribution in [0.5, 0.6) is 0 Å². The molecular formula is C32H56O10. The van der Waals surface area contributed by atoms with Gasteiger partial charge < -0.3 is 39.4 Å². The SMILES string of the molecule is CCCC/C=C\C/C=C\CCCCCCCC(=O)OC(COC(=O)CCCCC)COC1OC(CO)C(O)C(O)C1O. The maximum Gasteiger partial charge on any atom is 0.306 e. The van der Waals surface area contributed by atoms with Gasteiger partial charge in [0.15, 0.2) is 12.4 Å². The van der Waals surface area contributed by atoms with Crippen LogP contribution in [0.3, 0.4) is 0 Å². The van der Waals surface area contributed by atoms with Crippen LogP contribution in [0.15, 0.2) is 24.3 Å². The molecule has 0 aromatic heterocycles. The predicted molar refractivity (Wildman–Crippen MR) is 159 cm³/mol. The third-order valence-electron chi connectivity index (χ3n) is 7.09. The smallest absolute Gasteiger partial charge is 0.306 e. The average Bonchev–Trinajstić information content (AvgIpc) is 2.98. The van der Waals surface area contributed by atoms with E-state index in [-0.39, 0.29) is 26.1 Å². The number of aliphatic hydroxyl groups is 4. The Labute approximate surface area is 252 Å². The maximum absolute atomic E-state index is 12.5. The quantitative estimate of drug-likeness (QED) is 0.0718. The van der Waals surface area contributed by atoms with Gasteiger partial charge in [-0.3, -0.25) is 9.59 Å². The Balaban J connectivity index is 2.40. The topological polar surface area (TPSA) is 152 Å². The summed E-state index contributed by atoms with van der Waals surface area (Å²) in [5.74, 6) is -0.856. The summed E-state index contributed by atoms with van der Waals surface area (Å²) in [4.78, 5) is 24.6. The van der Waals surface area contributed by atoms with E-state index in [1.807, 2.05) is 6.92 Å². The van der Waals surface area contributed by atoms with Gasteiger partial charge in [0.2, 0.25) is 0 Å². The van der Waals surface area contributed by atoms with Gasteiger partial charge in [-0.15, -0.1) is 0 Å². The van der Waals surface area contributed by atoms with Crippen molar-refractivity contribution in [2.45, 2.75) is 147 Å². The molecule has 42 heavy (non-hydrogen) atoms. The van der Waals surface area contributed by atoms with Crippen molar-refractivity contribution in [3.05, 3.63) is 24.3 Å². The first kappa shape index (κ1) is 38.2. The summed E-state index contributed by atoms with van der Waals surface area (Å²) >= 11 is 0. The molecule has 1 saturated heterocycles. The summed E-state index contributed by atoms with van der Waals surface area (Å²) < 4.78 is 21.7. The van der Waals surface area contributed by atoms with Crippen LogP contribution in [0.4, 0.5) is 0 Å². The van der Waals surface area contributed by atoms with Crippen molar-refractivity contribution >= 4 is 11.9 Å². The Morgan fingerprint density at radius 2 is 1.36 bits per heavy atom. The molecule has 1 aliphatic rings. The van der Waals surface area contributed by atoms with Crippen molar-refractivity contribution in [2.24, 2.45) is 0 Å². The molecule has 6 atom stereocenters. The van der Waals surface area contributed by atoms with Crippen LogP contribution < -0.4 is 0 Å². The number of unbranched alkanes of at least 4 members (excludes halogenated alkanes) is 9. The van der Waals surface area contributed by atoms with E-state index in [2.05, 4.69) is 31.2 Å². The second kappa shape index (κ2) is 24.6. The van der Waals surface area contributed by atoms with Gasteiger partial charge in [0.1, 0.15) is 31.0 Å². The lowest BCUT2D eigenvalue weighted by Gasteiger charge is -2.39. The van der Waals surface area contributed by atoms with Crippen LogP contribution in [0.1, 0.15) is 110 Å². The van der Waals surface area contributed by atoms with E-state index in [9.17, 15) is 30.0 Å². The van der Waals surface area contributed by atoms with E-state index in [0.717, 1.165) is 57.8 Å². The molecule has 0 amide bonds. The van der Waals surface area contributed by atoms with Crippen LogP contribution in [0, 0.1) is 0 Å². The van der Waals surface area contributed by atoms with Gasteiger partial charge in [0.25, 0.3) is 0 Å². The van der Waals surface area contributed by atoms with Crippen LogP contribution >= 0.6 is 0 Å². The molecule has 0 saturated carbocycles. The van der Waals surface area contributed by atoms with Gasteiger partial charge in [0.05, 0.1) is 13.2 Å². The number of carbonyl (C=O) groups is 2. The van der Waals surface area contributed by atoms with E-state index in [1.165, 1.54) is 12.8 Å². The number of esters is 2. The van der Waals surface area contributed by atoms with Gasteiger partial charge in [-0.05, 0) is 38.5 Å². The highest BCUT2D eigenvalue weighted by atomic mass is 16.7. The molecule has 1 heterocycles. The van der Waals surface area contributed by atoms with E-state index >= 15 is 0 Å². The molecule has 0 aromatic rings. The Morgan fingerprint density at radius 1 is 0.738 bits per heavy atom. The van der Waals surface area contributed by atoms with E-state index < -0.39 is 55.4 Å². The Hall–Kier alpha value is -1.82. The fourth-order valence-corrected chi connectivity index (χ4v) is 4.44. The molecule has 244 valence electrons. The highest BCUT2D eigenvalue weighted by molar-refractivity contribution is 5.70. The molecule has 0 aromatic carbocycles. The van der Waals surface area contributed by atoms with Crippen LogP contribution in [-0.2, 0) is 28.5 Å². The van der Waals surface area contributed by atoms with Crippen molar-refractivity contribution in [1.29, 1.82) is 0 Å². The molecular weight excluding hydrogens is 544 g/mol. The third kappa shape index (κ3) is 17.3. The van der Waals surface area contributed by atoms with Crippen molar-refractivity contribution in [3.8, 4) is 0 Å². The van der Waals surface area contributed by atoms with E-state index in [4.69, 9.17) is 18.9 Å². The normalized spacial score (nSPS) is 23.4. The fraction of sp³-hybridized carbons (Fsp3) is 0.812. The van der Waals surface area contributed by atoms with E-state index in [1.54, 1.807) is 0 Å². The molecule has 4 N–H and O–H groups in total. The van der Waals surface area contributed by atoms with Gasteiger partial charge in [0, 0.05) is 12.8 Å². The highest BCUT2D eigenvalue weighted by Crippen LogP contribution is 2.22. The van der Waals surface area contributed by atoms with E-state index in [0.29, 0.717) is 12.8 Å². The second-order valence-corrected chi connectivity index (χ2v) is 10.9. The molecule has 0 spiro atoms. The average molecular weight is 601 g/mol. The molecule has 6 unspecified atom stereocenters. The molecule has 0 aliphatic carbocycles. The summed E-state index contributed by atoms with van der Waals surface area (Å²) in [6.07, 6.45) is 14.3. The largest absolute Gasteiger partial charge is 0.462 e. The Kier molecular flexibility index (Phi) is 22.4. The minimum absolute atomic E-state index is 0.214. The lowest BCUT2D eigenvalue weighted by molar-refractivity contribution is -0.305. The van der Waals surface area contributed by atoms with Crippen LogP contribution in [0.25, 0.3) is 0 Å². The number of ether oxygens (including phenoxy) is 4. The lowest BCUT2D eigenvalue weighted by atomic mass is 9.99. The second-order valence-electron chi connectivity index (χ2n) is 10.9. The minimum atomic E-state index is -1.59. The zero-order valence-corrected chi connectivity index (χ0v) is 25.7. The molecule has 1 fully saturated rings. The number of aliphatic hydroxyl groups excluding tert-OH is 4. The summed E-state index contributed by atoms with van der Waals surface area (Å²) in [6.45, 7) is 3.13. The zero-order valence-electron chi connectivity index (χ0n) is 25.7. The monoisotopic (exact) mass is 600 g/mol. The van der Waals surface area contributed by atoms with Crippen LogP contribution in [-0.4, -0.2) is 89.0 Å². The first-order chi connectivity index (χ1) is 20.3. The van der Waals surface area contributed by atoms with Gasteiger partial charge in [-0.1, -0.05) is 83.1 Å². The number of carbonyl (C=O) groups excluding carboxylic acids is 2. The fourth-order valence-electron chi connectivity index (χ4n) is 4.44. The molecule has 1 rings (SSSR count). The predicted octanol–water partition coefficient (Wildman–Crippen LogP) is 4.26. The van der Waals surface area contributed by atoms with Gasteiger partial charge in [-0.2, -0.15) is 0 Å². The minimum Gasteiger partial charge on any atom is -0.462 e. The molecule has 0 bridgehead atoms. The summed E-state index contributed by atoms with van der Waals surface area (Å²) in [5.41, 5.74) is 0. The number of rotatable bonds is 24. The van der Waals surface area contributed by atoms with Crippen molar-refractivity contribution in [2.75, 3.05) is 19.8 Å². The Bertz CT molecular complexity index is 754. The number of hydrogen-bond acceptors (Lipinski definition) is 10. The van der Waals surface area contributed by atoms with Crippen molar-refractivity contribution in [3.63, 3.8) is 0 Å². The summed E-state index contributed by atoms with van der Waals surface area (Å²) in [5, 5.41) is 39.5. The molecule has 10 heteroatoms. The lowest BCUT2D eigenvalue weighted by Crippen LogP contribution is -2.59. The molecule has 10 nitrogen and oxygen atoms in total. The maximum atomic E-state index is 12.5. The standard InChI is InChI=1S/C32H56O10/c1-3-5-7-8-9-10-11-12-13-14-15-16-17-19-21-28(35)41-25(23-39-27(34)20-18-6-4-2)24-40-32-31(38)30(37)29(36)26(22-33)42-32/h8-9,11-12,25-26,29-33,36-38H,3-7,10,13-24H2,1-2H3/b9-8-,12-11-. The molecule has 0 radical (unpaired) electrons. The Morgan fingerprint density at radius 3 is 2.05 bits per heavy atom. The number of allylic oxidation sites excluding steroid dienone is 4. The number of hydrogen-bond donors (Lipinski definition) is 4. The summed E-state index contributed by atoms with van der Waals surface area (Å²) in [6, 6.07) is 0. The first-order valence-corrected chi connectivity index (χ1v) is 15.9. The van der Waals surface area contributed by atoms with Crippen molar-refractivity contribution in [1.82, 2.24) is 0 Å².